The molecule has 0 spiro atoms. The Hall–Kier alpha value is -1.38. The van der Waals surface area contributed by atoms with Crippen molar-refractivity contribution in [2.45, 2.75) is 46.1 Å². The van der Waals surface area contributed by atoms with Crippen molar-refractivity contribution >= 4 is 5.78 Å². The molecule has 0 bridgehead atoms. The Kier molecular flexibility index (Phi) is 5.13. The Labute approximate surface area is 102 Å². The quantitative estimate of drug-likeness (QED) is 0.788. The highest BCUT2D eigenvalue weighted by atomic mass is 19.1. The fourth-order valence-corrected chi connectivity index (χ4v) is 1.81. The van der Waals surface area contributed by atoms with Gasteiger partial charge in [0.2, 0.25) is 0 Å². The maximum Gasteiger partial charge on any atom is 0.173 e. The number of hydrogen-bond donors (Lipinski definition) is 0. The Morgan fingerprint density at radius 2 is 2.18 bits per heavy atom. The highest BCUT2D eigenvalue weighted by Crippen LogP contribution is 2.28. The molecule has 2 rings (SSSR count). The zero-order valence-corrected chi connectivity index (χ0v) is 10.6. The lowest BCUT2D eigenvalue weighted by Gasteiger charge is -2.24. The topological polar surface area (TPSA) is 26.3 Å². The molecular weight excluding hydrogens is 219 g/mol. The monoisotopic (exact) mass is 238 g/mol. The number of fused-ring (bicyclic) bond motifs is 1. The van der Waals surface area contributed by atoms with Crippen molar-refractivity contribution in [3.05, 3.63) is 29.6 Å². The number of halogens is 1. The number of carbonyl (C=O) groups is 1. The van der Waals surface area contributed by atoms with E-state index in [0.717, 1.165) is 5.56 Å². The second-order valence-electron chi connectivity index (χ2n) is 3.72. The van der Waals surface area contributed by atoms with Crippen LogP contribution in [0.2, 0.25) is 0 Å². The van der Waals surface area contributed by atoms with E-state index in [1.165, 1.54) is 12.1 Å². The number of ketones is 1. The van der Waals surface area contributed by atoms with Gasteiger partial charge in [0.05, 0.1) is 0 Å². The van der Waals surface area contributed by atoms with E-state index in [1.54, 1.807) is 6.07 Å². The van der Waals surface area contributed by atoms with Crippen molar-refractivity contribution in [1.82, 2.24) is 0 Å². The smallest absolute Gasteiger partial charge is 0.173 e. The lowest BCUT2D eigenvalue weighted by Crippen LogP contribution is -2.30. The Balaban J connectivity index is 0.000000686. The minimum Gasteiger partial charge on any atom is -0.482 e. The number of rotatable bonds is 2. The highest BCUT2D eigenvalue weighted by molar-refractivity contribution is 5.83. The molecule has 0 aliphatic carbocycles. The largest absolute Gasteiger partial charge is 0.482 e. The van der Waals surface area contributed by atoms with Gasteiger partial charge in [-0.3, -0.25) is 4.79 Å². The van der Waals surface area contributed by atoms with Gasteiger partial charge in [0, 0.05) is 6.42 Å². The summed E-state index contributed by atoms with van der Waals surface area (Å²) in [6.07, 6.45) is 1.52. The molecule has 17 heavy (non-hydrogen) atoms. The molecule has 1 aromatic carbocycles. The molecule has 1 aliphatic heterocycles. The summed E-state index contributed by atoms with van der Waals surface area (Å²) in [5, 5.41) is 0. The van der Waals surface area contributed by atoms with Crippen LogP contribution in [0.3, 0.4) is 0 Å². The zero-order chi connectivity index (χ0) is 12.8. The SMILES string of the molecule is CC.CCC(=O)C1CCc2cc(F)ccc2O1. The van der Waals surface area contributed by atoms with Gasteiger partial charge in [-0.15, -0.1) is 0 Å². The summed E-state index contributed by atoms with van der Waals surface area (Å²) < 4.78 is 18.4. The maximum absolute atomic E-state index is 12.9. The highest BCUT2D eigenvalue weighted by Gasteiger charge is 2.24. The van der Waals surface area contributed by atoms with Crippen molar-refractivity contribution in [3.63, 3.8) is 0 Å². The third-order valence-corrected chi connectivity index (χ3v) is 2.68. The molecule has 1 aromatic rings. The molecule has 0 saturated heterocycles. The summed E-state index contributed by atoms with van der Waals surface area (Å²) in [6, 6.07) is 4.43. The van der Waals surface area contributed by atoms with Crippen molar-refractivity contribution in [2.24, 2.45) is 0 Å². The summed E-state index contributed by atoms with van der Waals surface area (Å²) in [4.78, 5) is 11.4. The number of aryl methyl sites for hydroxylation is 1. The first-order valence-electron chi connectivity index (χ1n) is 6.18. The molecule has 0 aromatic heterocycles. The van der Waals surface area contributed by atoms with Gasteiger partial charge in [-0.1, -0.05) is 20.8 Å². The lowest BCUT2D eigenvalue weighted by molar-refractivity contribution is -0.126. The van der Waals surface area contributed by atoms with E-state index >= 15 is 0 Å². The molecule has 1 unspecified atom stereocenters. The molecule has 0 amide bonds. The van der Waals surface area contributed by atoms with E-state index in [9.17, 15) is 9.18 Å². The zero-order valence-electron chi connectivity index (χ0n) is 10.6. The van der Waals surface area contributed by atoms with Crippen LogP contribution in [0.1, 0.15) is 39.2 Å². The Morgan fingerprint density at radius 3 is 2.82 bits per heavy atom. The van der Waals surface area contributed by atoms with E-state index in [-0.39, 0.29) is 17.7 Å². The summed E-state index contributed by atoms with van der Waals surface area (Å²) in [6.45, 7) is 5.83. The van der Waals surface area contributed by atoms with Crippen LogP contribution in [0, 0.1) is 5.82 Å². The van der Waals surface area contributed by atoms with Crippen molar-refractivity contribution in [3.8, 4) is 5.75 Å². The van der Waals surface area contributed by atoms with Crippen molar-refractivity contribution < 1.29 is 13.9 Å². The summed E-state index contributed by atoms with van der Waals surface area (Å²) >= 11 is 0. The first kappa shape index (κ1) is 13.7. The number of ether oxygens (including phenoxy) is 1. The van der Waals surface area contributed by atoms with Crippen LogP contribution in [0.5, 0.6) is 5.75 Å². The number of carbonyl (C=O) groups excluding carboxylic acids is 1. The number of benzene rings is 1. The predicted octanol–water partition coefficient (Wildman–Crippen LogP) is 3.52. The molecule has 1 heterocycles. The van der Waals surface area contributed by atoms with Gasteiger partial charge in [0.15, 0.2) is 11.9 Å². The normalized spacial score (nSPS) is 17.3. The molecule has 0 N–H and O–H groups in total. The number of Topliss-reactive ketones (excluding diaryl/α,β-unsaturated/α-hetero) is 1. The molecule has 0 fully saturated rings. The fraction of sp³-hybridized carbons (Fsp3) is 0.500. The number of hydrogen-bond acceptors (Lipinski definition) is 2. The first-order chi connectivity index (χ1) is 8.20. The molecule has 1 aliphatic rings. The fourth-order valence-electron chi connectivity index (χ4n) is 1.81. The summed E-state index contributed by atoms with van der Waals surface area (Å²) in [5.41, 5.74) is 0.857. The van der Waals surface area contributed by atoms with E-state index in [2.05, 4.69) is 0 Å². The van der Waals surface area contributed by atoms with Crippen LogP contribution in [0.4, 0.5) is 4.39 Å². The van der Waals surface area contributed by atoms with Crippen LogP contribution in [-0.2, 0) is 11.2 Å². The molecule has 3 heteroatoms. The minimum atomic E-state index is -0.340. The predicted molar refractivity (Wildman–Crippen MR) is 65.8 cm³/mol. The van der Waals surface area contributed by atoms with E-state index in [1.807, 2.05) is 20.8 Å². The summed E-state index contributed by atoms with van der Waals surface area (Å²) in [7, 11) is 0. The van der Waals surface area contributed by atoms with Gasteiger partial charge in [-0.2, -0.15) is 0 Å². The minimum absolute atomic E-state index is 0.116. The third kappa shape index (κ3) is 3.29. The van der Waals surface area contributed by atoms with Gasteiger partial charge < -0.3 is 4.74 Å². The van der Waals surface area contributed by atoms with Gasteiger partial charge >= 0.3 is 0 Å². The van der Waals surface area contributed by atoms with E-state index in [0.29, 0.717) is 25.0 Å². The molecule has 0 radical (unpaired) electrons. The van der Waals surface area contributed by atoms with Crippen LogP contribution in [0.15, 0.2) is 18.2 Å². The van der Waals surface area contributed by atoms with Crippen molar-refractivity contribution in [1.29, 1.82) is 0 Å². The van der Waals surface area contributed by atoms with Crippen molar-refractivity contribution in [2.75, 3.05) is 0 Å². The van der Waals surface area contributed by atoms with Gasteiger partial charge in [0.25, 0.3) is 0 Å². The first-order valence-corrected chi connectivity index (χ1v) is 6.18. The van der Waals surface area contributed by atoms with Crippen LogP contribution in [0.25, 0.3) is 0 Å². The van der Waals surface area contributed by atoms with Crippen LogP contribution < -0.4 is 4.74 Å². The van der Waals surface area contributed by atoms with Gasteiger partial charge in [-0.25, -0.2) is 4.39 Å². The average Bonchev–Trinajstić information content (AvgIpc) is 2.39. The lowest BCUT2D eigenvalue weighted by atomic mass is 9.99. The molecular formula is C14H19FO2. The standard InChI is InChI=1S/C12H13FO2.C2H6/c1-2-10(14)12-5-3-8-7-9(13)4-6-11(8)15-12;1-2/h4,6-7,12H,2-3,5H2,1H3;1-2H3. The second-order valence-corrected chi connectivity index (χ2v) is 3.72. The molecule has 1 atom stereocenters. The molecule has 94 valence electrons. The van der Waals surface area contributed by atoms with E-state index in [4.69, 9.17) is 4.74 Å². The molecule has 2 nitrogen and oxygen atoms in total. The van der Waals surface area contributed by atoms with E-state index < -0.39 is 0 Å². The van der Waals surface area contributed by atoms with Gasteiger partial charge in [0.1, 0.15) is 11.6 Å². The third-order valence-electron chi connectivity index (χ3n) is 2.68. The second kappa shape index (κ2) is 6.38. The Morgan fingerprint density at radius 1 is 1.47 bits per heavy atom. The maximum atomic E-state index is 12.9. The van der Waals surface area contributed by atoms with Crippen LogP contribution in [-0.4, -0.2) is 11.9 Å². The molecule has 0 saturated carbocycles. The van der Waals surface area contributed by atoms with Crippen LogP contribution >= 0.6 is 0 Å². The summed E-state index contributed by atoms with van der Waals surface area (Å²) in [5.74, 6) is 0.511. The van der Waals surface area contributed by atoms with Gasteiger partial charge in [-0.05, 0) is 36.6 Å². The average molecular weight is 238 g/mol. The Bertz CT molecular complexity index is 388.